The lowest BCUT2D eigenvalue weighted by atomic mass is 10.2. The van der Waals surface area contributed by atoms with E-state index >= 15 is 0 Å². The van der Waals surface area contributed by atoms with Crippen molar-refractivity contribution >= 4 is 52.0 Å². The molecule has 0 saturated heterocycles. The van der Waals surface area contributed by atoms with E-state index < -0.39 is 11.3 Å². The summed E-state index contributed by atoms with van der Waals surface area (Å²) in [6.07, 6.45) is 0. The minimum Gasteiger partial charge on any atom is -0.368 e. The van der Waals surface area contributed by atoms with Crippen LogP contribution in [0.5, 0.6) is 0 Å². The van der Waals surface area contributed by atoms with E-state index in [2.05, 4.69) is 0 Å². The third-order valence-electron chi connectivity index (χ3n) is 1.21. The Morgan fingerprint density at radius 3 is 2.50 bits per heavy atom. The zero-order valence-corrected chi connectivity index (χ0v) is 8.77. The number of rotatable bonds is 2. The van der Waals surface area contributed by atoms with Crippen molar-refractivity contribution in [1.82, 2.24) is 0 Å². The van der Waals surface area contributed by atoms with Crippen LogP contribution in [0.25, 0.3) is 0 Å². The number of carbonyl (C=O) groups excluding carboxylic acids is 1. The van der Waals surface area contributed by atoms with Crippen molar-refractivity contribution in [2.75, 3.05) is 0 Å². The molecule has 0 spiro atoms. The Balaban J connectivity index is 3.02. The van der Waals surface area contributed by atoms with Gasteiger partial charge in [-0.15, -0.1) is 22.9 Å². The number of primary amides is 1. The van der Waals surface area contributed by atoms with Crippen LogP contribution < -0.4 is 5.73 Å². The number of halogens is 3. The van der Waals surface area contributed by atoms with Gasteiger partial charge in [-0.2, -0.15) is 0 Å². The van der Waals surface area contributed by atoms with E-state index in [0.717, 1.165) is 11.3 Å². The van der Waals surface area contributed by atoms with Crippen LogP contribution in [0.15, 0.2) is 6.07 Å². The molecule has 0 fully saturated rings. The maximum Gasteiger partial charge on any atom is 0.240 e. The van der Waals surface area contributed by atoms with Gasteiger partial charge in [-0.25, -0.2) is 0 Å². The third-order valence-corrected chi connectivity index (χ3v) is 3.17. The lowest BCUT2D eigenvalue weighted by molar-refractivity contribution is -0.117. The number of thiophene rings is 1. The Kier molecular flexibility index (Phi) is 3.23. The Labute approximate surface area is 88.2 Å². The Bertz CT molecular complexity index is 312. The largest absolute Gasteiger partial charge is 0.368 e. The van der Waals surface area contributed by atoms with Gasteiger partial charge in [-0.1, -0.05) is 23.2 Å². The summed E-state index contributed by atoms with van der Waals surface area (Å²) in [4.78, 5) is 10.7. The van der Waals surface area contributed by atoms with E-state index in [1.165, 1.54) is 6.07 Å². The molecule has 1 unspecified atom stereocenters. The van der Waals surface area contributed by atoms with Crippen LogP contribution in [-0.4, -0.2) is 5.91 Å². The first-order valence-electron chi connectivity index (χ1n) is 2.90. The van der Waals surface area contributed by atoms with E-state index in [-0.39, 0.29) is 0 Å². The first-order valence-corrected chi connectivity index (χ1v) is 4.91. The monoisotopic (exact) mass is 243 g/mol. The van der Waals surface area contributed by atoms with E-state index in [1.54, 1.807) is 0 Å². The highest BCUT2D eigenvalue weighted by atomic mass is 35.5. The van der Waals surface area contributed by atoms with Crippen molar-refractivity contribution in [2.45, 2.75) is 5.38 Å². The van der Waals surface area contributed by atoms with Gasteiger partial charge in [0.1, 0.15) is 5.38 Å². The minimum absolute atomic E-state index is 0.402. The van der Waals surface area contributed by atoms with Crippen molar-refractivity contribution in [1.29, 1.82) is 0 Å². The van der Waals surface area contributed by atoms with Crippen LogP contribution in [0.2, 0.25) is 8.67 Å². The molecule has 1 atom stereocenters. The van der Waals surface area contributed by atoms with Crippen LogP contribution in [0.4, 0.5) is 0 Å². The predicted molar refractivity (Wildman–Crippen MR) is 52.1 cm³/mol. The van der Waals surface area contributed by atoms with Crippen molar-refractivity contribution in [3.8, 4) is 0 Å². The van der Waals surface area contributed by atoms with Gasteiger partial charge in [0, 0.05) is 5.56 Å². The van der Waals surface area contributed by atoms with Crippen LogP contribution in [0, 0.1) is 0 Å². The molecule has 1 aromatic heterocycles. The predicted octanol–water partition coefficient (Wildman–Crippen LogP) is 2.82. The average molecular weight is 245 g/mol. The zero-order valence-electron chi connectivity index (χ0n) is 5.68. The standard InChI is InChI=1S/C6H4Cl3NOS/c7-3-1-2(5(9)12-3)4(8)6(10)11/h1,4H,(H2,10,11). The van der Waals surface area contributed by atoms with Crippen molar-refractivity contribution in [2.24, 2.45) is 5.73 Å². The molecule has 0 aliphatic rings. The van der Waals surface area contributed by atoms with Crippen molar-refractivity contribution in [3.63, 3.8) is 0 Å². The minimum atomic E-state index is -0.902. The molecular weight excluding hydrogens is 240 g/mol. The molecule has 0 aliphatic carbocycles. The molecule has 6 heteroatoms. The van der Waals surface area contributed by atoms with Crippen LogP contribution in [0.1, 0.15) is 10.9 Å². The summed E-state index contributed by atoms with van der Waals surface area (Å²) in [5.74, 6) is -0.631. The normalized spacial score (nSPS) is 12.9. The summed E-state index contributed by atoms with van der Waals surface area (Å²) < 4.78 is 0.890. The molecule has 0 saturated carbocycles. The second kappa shape index (κ2) is 3.83. The van der Waals surface area contributed by atoms with Crippen LogP contribution in [-0.2, 0) is 4.79 Å². The van der Waals surface area contributed by atoms with E-state index in [4.69, 9.17) is 40.5 Å². The second-order valence-electron chi connectivity index (χ2n) is 2.04. The molecule has 0 bridgehead atoms. The average Bonchev–Trinajstić information content (AvgIpc) is 2.28. The Morgan fingerprint density at radius 2 is 2.17 bits per heavy atom. The van der Waals surface area contributed by atoms with Crippen LogP contribution >= 0.6 is 46.1 Å². The SMILES string of the molecule is NC(=O)C(Cl)c1cc(Cl)sc1Cl. The lowest BCUT2D eigenvalue weighted by Gasteiger charge is -2.01. The van der Waals surface area contributed by atoms with Crippen molar-refractivity contribution < 1.29 is 4.79 Å². The maximum atomic E-state index is 10.7. The smallest absolute Gasteiger partial charge is 0.240 e. The highest BCUT2D eigenvalue weighted by molar-refractivity contribution is 7.20. The van der Waals surface area contributed by atoms with Gasteiger partial charge in [-0.05, 0) is 6.07 Å². The van der Waals surface area contributed by atoms with E-state index in [9.17, 15) is 4.79 Å². The number of hydrogen-bond donors (Lipinski definition) is 1. The van der Waals surface area contributed by atoms with Gasteiger partial charge in [0.2, 0.25) is 5.91 Å². The lowest BCUT2D eigenvalue weighted by Crippen LogP contribution is -2.16. The molecule has 1 heterocycles. The fourth-order valence-electron chi connectivity index (χ4n) is 0.679. The fraction of sp³-hybridized carbons (Fsp3) is 0.167. The second-order valence-corrected chi connectivity index (χ2v) is 4.77. The first kappa shape index (κ1) is 10.1. The number of carbonyl (C=O) groups is 1. The number of amides is 1. The molecular formula is C6H4Cl3NOS. The van der Waals surface area contributed by atoms with Gasteiger partial charge in [-0.3, -0.25) is 4.79 Å². The fourth-order valence-corrected chi connectivity index (χ4v) is 2.50. The number of hydrogen-bond acceptors (Lipinski definition) is 2. The molecule has 66 valence electrons. The topological polar surface area (TPSA) is 43.1 Å². The highest BCUT2D eigenvalue weighted by Gasteiger charge is 2.19. The number of alkyl halides is 1. The quantitative estimate of drug-likeness (QED) is 0.799. The third kappa shape index (κ3) is 2.04. The first-order chi connectivity index (χ1) is 5.52. The highest BCUT2D eigenvalue weighted by Crippen LogP contribution is 2.37. The molecule has 1 aromatic rings. The van der Waals surface area contributed by atoms with Gasteiger partial charge >= 0.3 is 0 Å². The molecule has 0 radical (unpaired) electrons. The summed E-state index contributed by atoms with van der Waals surface area (Å²) in [5.41, 5.74) is 5.45. The van der Waals surface area contributed by atoms with Crippen molar-refractivity contribution in [3.05, 3.63) is 20.3 Å². The summed E-state index contributed by atoms with van der Waals surface area (Å²) in [5, 5.41) is -0.902. The Hall–Kier alpha value is 0.0400. The Morgan fingerprint density at radius 1 is 1.58 bits per heavy atom. The molecule has 1 rings (SSSR count). The summed E-state index contributed by atoms with van der Waals surface area (Å²) in [7, 11) is 0. The summed E-state index contributed by atoms with van der Waals surface area (Å²) in [6, 6.07) is 1.54. The molecule has 0 aromatic carbocycles. The van der Waals surface area contributed by atoms with Gasteiger partial charge in [0.05, 0.1) is 8.67 Å². The molecule has 1 amide bonds. The van der Waals surface area contributed by atoms with E-state index in [0.29, 0.717) is 14.2 Å². The maximum absolute atomic E-state index is 10.7. The molecule has 2 N–H and O–H groups in total. The zero-order chi connectivity index (χ0) is 9.30. The summed E-state index contributed by atoms with van der Waals surface area (Å²) >= 11 is 18.2. The molecule has 2 nitrogen and oxygen atoms in total. The van der Waals surface area contributed by atoms with Gasteiger partial charge in [0.25, 0.3) is 0 Å². The molecule has 0 aliphatic heterocycles. The van der Waals surface area contributed by atoms with Gasteiger partial charge in [0.15, 0.2) is 0 Å². The van der Waals surface area contributed by atoms with E-state index in [1.807, 2.05) is 0 Å². The summed E-state index contributed by atoms with van der Waals surface area (Å²) in [6.45, 7) is 0. The molecule has 12 heavy (non-hydrogen) atoms. The van der Waals surface area contributed by atoms with Gasteiger partial charge < -0.3 is 5.73 Å². The number of nitrogens with two attached hydrogens (primary N) is 1. The van der Waals surface area contributed by atoms with Crippen LogP contribution in [0.3, 0.4) is 0 Å².